The molecule has 0 amide bonds. The van der Waals surface area contributed by atoms with E-state index < -0.39 is 0 Å². The first-order valence-electron chi connectivity index (χ1n) is 5.62. The van der Waals surface area contributed by atoms with E-state index in [1.54, 1.807) is 24.4 Å². The highest BCUT2D eigenvalue weighted by molar-refractivity contribution is 5.82. The predicted octanol–water partition coefficient (Wildman–Crippen LogP) is 2.67. The molecule has 0 saturated carbocycles. The largest absolute Gasteiger partial charge is 0.507 e. The van der Waals surface area contributed by atoms with Gasteiger partial charge >= 0.3 is 0 Å². The van der Waals surface area contributed by atoms with Crippen LogP contribution < -0.4 is 4.74 Å². The topological polar surface area (TPSA) is 59.4 Å². The zero-order chi connectivity index (χ0) is 13.0. The molecule has 4 heteroatoms. The fraction of sp³-hybridized carbons (Fsp3) is 0.143. The number of phenolic OH excluding ortho intramolecular Hbond substituents is 1. The number of ether oxygens (including phenoxy) is 1. The molecule has 0 saturated heterocycles. The van der Waals surface area contributed by atoms with Crippen molar-refractivity contribution in [2.45, 2.75) is 6.92 Å². The van der Waals surface area contributed by atoms with Gasteiger partial charge in [-0.2, -0.15) is 0 Å². The van der Waals surface area contributed by atoms with Gasteiger partial charge in [-0.25, -0.2) is 4.98 Å². The molecule has 0 fully saturated rings. The lowest BCUT2D eigenvalue weighted by Crippen LogP contribution is -1.96. The van der Waals surface area contributed by atoms with Crippen molar-refractivity contribution < 1.29 is 14.6 Å². The van der Waals surface area contributed by atoms with Gasteiger partial charge in [0.2, 0.25) is 5.88 Å². The maximum absolute atomic E-state index is 10.6. The van der Waals surface area contributed by atoms with Gasteiger partial charge in [0.15, 0.2) is 6.29 Å². The summed E-state index contributed by atoms with van der Waals surface area (Å²) in [7, 11) is 0. The van der Waals surface area contributed by atoms with Gasteiger partial charge in [-0.05, 0) is 36.8 Å². The monoisotopic (exact) mass is 243 g/mol. The molecule has 0 aliphatic carbocycles. The van der Waals surface area contributed by atoms with Crippen LogP contribution in [0.3, 0.4) is 0 Å². The number of carbonyl (C=O) groups is 1. The van der Waals surface area contributed by atoms with Gasteiger partial charge in [-0.1, -0.05) is 6.07 Å². The Bertz CT molecular complexity index is 567. The predicted molar refractivity (Wildman–Crippen MR) is 67.9 cm³/mol. The first-order valence-corrected chi connectivity index (χ1v) is 5.62. The highest BCUT2D eigenvalue weighted by Gasteiger charge is 2.09. The summed E-state index contributed by atoms with van der Waals surface area (Å²) in [6, 6.07) is 8.50. The number of benzene rings is 1. The Balaban J connectivity index is 2.48. The minimum absolute atomic E-state index is 0.0474. The van der Waals surface area contributed by atoms with E-state index in [1.165, 1.54) is 6.07 Å². The molecule has 1 aromatic heterocycles. The van der Waals surface area contributed by atoms with Crippen molar-refractivity contribution in [3.63, 3.8) is 0 Å². The van der Waals surface area contributed by atoms with Crippen LogP contribution in [0.25, 0.3) is 11.1 Å². The number of aromatic hydroxyl groups is 1. The Morgan fingerprint density at radius 3 is 2.89 bits per heavy atom. The smallest absolute Gasteiger partial charge is 0.221 e. The molecule has 0 bridgehead atoms. The van der Waals surface area contributed by atoms with Crippen LogP contribution in [0.2, 0.25) is 0 Å². The van der Waals surface area contributed by atoms with Crippen LogP contribution in [0, 0.1) is 0 Å². The summed E-state index contributed by atoms with van der Waals surface area (Å²) in [5.41, 5.74) is 1.81. The first kappa shape index (κ1) is 12.1. The van der Waals surface area contributed by atoms with Crippen molar-refractivity contribution in [3.8, 4) is 22.8 Å². The molecular formula is C14H13NO3. The highest BCUT2D eigenvalue weighted by Crippen LogP contribution is 2.31. The van der Waals surface area contributed by atoms with Crippen molar-refractivity contribution in [3.05, 3.63) is 42.1 Å². The molecule has 4 nitrogen and oxygen atoms in total. The fourth-order valence-corrected chi connectivity index (χ4v) is 1.67. The Kier molecular flexibility index (Phi) is 3.57. The number of hydrogen-bond acceptors (Lipinski definition) is 4. The second-order valence-corrected chi connectivity index (χ2v) is 3.68. The van der Waals surface area contributed by atoms with E-state index in [0.29, 0.717) is 18.8 Å². The molecule has 2 aromatic rings. The third-order valence-corrected chi connectivity index (χ3v) is 2.52. The maximum Gasteiger partial charge on any atom is 0.221 e. The van der Waals surface area contributed by atoms with Crippen molar-refractivity contribution in [2.24, 2.45) is 0 Å². The molecule has 0 radical (unpaired) electrons. The molecule has 18 heavy (non-hydrogen) atoms. The number of carbonyl (C=O) groups excluding carboxylic acids is 1. The number of aromatic nitrogens is 1. The van der Waals surface area contributed by atoms with Crippen LogP contribution in [-0.4, -0.2) is 23.0 Å². The number of nitrogens with zero attached hydrogens (tertiary/aromatic N) is 1. The van der Waals surface area contributed by atoms with E-state index in [-0.39, 0.29) is 11.3 Å². The summed E-state index contributed by atoms with van der Waals surface area (Å²) in [6.07, 6.45) is 2.26. The number of pyridine rings is 1. The van der Waals surface area contributed by atoms with Crippen LogP contribution in [0.15, 0.2) is 36.5 Å². The number of rotatable bonds is 4. The van der Waals surface area contributed by atoms with Gasteiger partial charge in [0.25, 0.3) is 0 Å². The molecular weight excluding hydrogens is 230 g/mol. The Hall–Kier alpha value is -2.36. The average Bonchev–Trinajstić information content (AvgIpc) is 2.40. The van der Waals surface area contributed by atoms with E-state index in [2.05, 4.69) is 4.98 Å². The lowest BCUT2D eigenvalue weighted by Gasteiger charge is -2.09. The Morgan fingerprint density at radius 2 is 2.22 bits per heavy atom. The number of hydrogen-bond donors (Lipinski definition) is 1. The molecule has 0 spiro atoms. The molecule has 1 heterocycles. The SMILES string of the molecule is CCOc1ncccc1-c1ccc(C=O)c(O)c1. The van der Waals surface area contributed by atoms with Crippen LogP contribution in [0.4, 0.5) is 0 Å². The summed E-state index contributed by atoms with van der Waals surface area (Å²) in [5.74, 6) is 0.465. The van der Waals surface area contributed by atoms with Crippen molar-refractivity contribution in [1.29, 1.82) is 0 Å². The quantitative estimate of drug-likeness (QED) is 0.839. The molecule has 0 aliphatic rings. The van der Waals surface area contributed by atoms with Gasteiger partial charge in [0, 0.05) is 11.8 Å². The first-order chi connectivity index (χ1) is 8.76. The van der Waals surface area contributed by atoms with Gasteiger partial charge in [-0.15, -0.1) is 0 Å². The van der Waals surface area contributed by atoms with Crippen LogP contribution in [-0.2, 0) is 0 Å². The standard InChI is InChI=1S/C14H13NO3/c1-2-18-14-12(4-3-7-15-14)10-5-6-11(9-16)13(17)8-10/h3-9,17H,2H2,1H3. The molecule has 2 rings (SSSR count). The van der Waals surface area contributed by atoms with E-state index in [0.717, 1.165) is 11.1 Å². The fourth-order valence-electron chi connectivity index (χ4n) is 1.67. The van der Waals surface area contributed by atoms with E-state index in [1.807, 2.05) is 13.0 Å². The lowest BCUT2D eigenvalue weighted by atomic mass is 10.0. The van der Waals surface area contributed by atoms with E-state index in [9.17, 15) is 9.90 Å². The summed E-state index contributed by atoms with van der Waals surface area (Å²) < 4.78 is 5.43. The zero-order valence-electron chi connectivity index (χ0n) is 9.96. The summed E-state index contributed by atoms with van der Waals surface area (Å²) in [5, 5.41) is 9.68. The molecule has 0 unspecified atom stereocenters. The van der Waals surface area contributed by atoms with Crippen LogP contribution >= 0.6 is 0 Å². The third-order valence-electron chi connectivity index (χ3n) is 2.52. The third kappa shape index (κ3) is 2.32. The van der Waals surface area contributed by atoms with Gasteiger partial charge < -0.3 is 9.84 Å². The molecule has 1 N–H and O–H groups in total. The van der Waals surface area contributed by atoms with E-state index >= 15 is 0 Å². The molecule has 1 aromatic carbocycles. The summed E-state index contributed by atoms with van der Waals surface area (Å²) in [6.45, 7) is 2.40. The van der Waals surface area contributed by atoms with E-state index in [4.69, 9.17) is 4.74 Å². The second kappa shape index (κ2) is 5.31. The Morgan fingerprint density at radius 1 is 1.39 bits per heavy atom. The zero-order valence-corrected chi connectivity index (χ0v) is 9.96. The van der Waals surface area contributed by atoms with Crippen molar-refractivity contribution >= 4 is 6.29 Å². The minimum atomic E-state index is -0.0474. The molecule has 0 aliphatic heterocycles. The van der Waals surface area contributed by atoms with Crippen molar-refractivity contribution in [1.82, 2.24) is 4.98 Å². The van der Waals surface area contributed by atoms with Gasteiger partial charge in [-0.3, -0.25) is 4.79 Å². The van der Waals surface area contributed by atoms with Crippen molar-refractivity contribution in [2.75, 3.05) is 6.61 Å². The molecule has 92 valence electrons. The van der Waals surface area contributed by atoms with Crippen LogP contribution in [0.5, 0.6) is 11.6 Å². The van der Waals surface area contributed by atoms with Gasteiger partial charge in [0.05, 0.1) is 12.2 Å². The summed E-state index contributed by atoms with van der Waals surface area (Å²) in [4.78, 5) is 14.8. The van der Waals surface area contributed by atoms with Gasteiger partial charge in [0.1, 0.15) is 5.75 Å². The second-order valence-electron chi connectivity index (χ2n) is 3.68. The molecule has 0 atom stereocenters. The Labute approximate surface area is 105 Å². The highest BCUT2D eigenvalue weighted by atomic mass is 16.5. The normalized spacial score (nSPS) is 10.1. The average molecular weight is 243 g/mol. The van der Waals surface area contributed by atoms with Crippen LogP contribution in [0.1, 0.15) is 17.3 Å². The number of phenols is 1. The number of aldehydes is 1. The maximum atomic E-state index is 10.6. The summed E-state index contributed by atoms with van der Waals surface area (Å²) >= 11 is 0. The lowest BCUT2D eigenvalue weighted by molar-refractivity contribution is 0.112. The minimum Gasteiger partial charge on any atom is -0.507 e.